The van der Waals surface area contributed by atoms with E-state index in [-0.39, 0.29) is 31.1 Å². The highest BCUT2D eigenvalue weighted by Crippen LogP contribution is 2.17. The van der Waals surface area contributed by atoms with Gasteiger partial charge < -0.3 is 14.2 Å². The lowest BCUT2D eigenvalue weighted by atomic mass is 10.0. The first-order chi connectivity index (χ1) is 35.5. The van der Waals surface area contributed by atoms with Crippen molar-refractivity contribution in [2.45, 2.75) is 367 Å². The van der Waals surface area contributed by atoms with E-state index in [1.807, 2.05) is 0 Å². The maximum absolute atomic E-state index is 12.8. The number of rotatable bonds is 60. The maximum Gasteiger partial charge on any atom is 0.306 e. The van der Waals surface area contributed by atoms with E-state index in [0.29, 0.717) is 19.3 Å². The number of esters is 3. The van der Waals surface area contributed by atoms with Crippen molar-refractivity contribution in [2.24, 2.45) is 0 Å². The second-order valence-corrected chi connectivity index (χ2v) is 22.0. The fraction of sp³-hybridized carbons (Fsp3) is 0.894. The summed E-state index contributed by atoms with van der Waals surface area (Å²) in [5.41, 5.74) is 0. The number of hydrogen-bond acceptors (Lipinski definition) is 6. The molecule has 0 saturated carbocycles. The van der Waals surface area contributed by atoms with Gasteiger partial charge in [0, 0.05) is 19.3 Å². The average Bonchev–Trinajstić information content (AvgIpc) is 3.38. The molecule has 0 saturated heterocycles. The Kier molecular flexibility index (Phi) is 59.6. The summed E-state index contributed by atoms with van der Waals surface area (Å²) < 4.78 is 16.8. The van der Waals surface area contributed by atoms with Gasteiger partial charge >= 0.3 is 17.9 Å². The second kappa shape index (κ2) is 61.4. The van der Waals surface area contributed by atoms with Crippen molar-refractivity contribution in [1.29, 1.82) is 0 Å². The lowest BCUT2D eigenvalue weighted by Gasteiger charge is -2.18. The Morgan fingerprint density at radius 1 is 0.264 bits per heavy atom. The molecule has 0 aliphatic heterocycles. The molecular weight excluding hydrogens is 889 g/mol. The van der Waals surface area contributed by atoms with Gasteiger partial charge in [-0.2, -0.15) is 0 Å². The van der Waals surface area contributed by atoms with Crippen LogP contribution in [0.3, 0.4) is 0 Å². The molecule has 0 aliphatic rings. The molecule has 0 aromatic rings. The minimum Gasteiger partial charge on any atom is -0.462 e. The van der Waals surface area contributed by atoms with Gasteiger partial charge in [-0.1, -0.05) is 295 Å². The molecule has 0 N–H and O–H groups in total. The van der Waals surface area contributed by atoms with Gasteiger partial charge in [0.05, 0.1) is 0 Å². The highest BCUT2D eigenvalue weighted by molar-refractivity contribution is 5.71. The zero-order chi connectivity index (χ0) is 52.2. The van der Waals surface area contributed by atoms with Crippen LogP contribution in [0.2, 0.25) is 0 Å². The highest BCUT2D eigenvalue weighted by Gasteiger charge is 2.19. The lowest BCUT2D eigenvalue weighted by molar-refractivity contribution is -0.167. The van der Waals surface area contributed by atoms with E-state index in [2.05, 4.69) is 45.1 Å². The van der Waals surface area contributed by atoms with Gasteiger partial charge in [0.1, 0.15) is 13.2 Å². The third-order valence-corrected chi connectivity index (χ3v) is 14.7. The summed E-state index contributed by atoms with van der Waals surface area (Å²) in [4.78, 5) is 38.0. The van der Waals surface area contributed by atoms with E-state index in [1.54, 1.807) is 0 Å². The molecule has 1 unspecified atom stereocenters. The van der Waals surface area contributed by atoms with E-state index in [4.69, 9.17) is 14.2 Å². The third-order valence-electron chi connectivity index (χ3n) is 14.7. The molecule has 0 rings (SSSR count). The minimum atomic E-state index is -0.767. The molecule has 72 heavy (non-hydrogen) atoms. The molecule has 0 spiro atoms. The van der Waals surface area contributed by atoms with E-state index in [0.717, 1.165) is 57.8 Å². The van der Waals surface area contributed by atoms with E-state index in [1.165, 1.54) is 263 Å². The van der Waals surface area contributed by atoms with Crippen molar-refractivity contribution in [1.82, 2.24) is 0 Å². The molecule has 0 fully saturated rings. The number of allylic oxidation sites excluding steroid dienone is 4. The van der Waals surface area contributed by atoms with Crippen LogP contribution in [-0.2, 0) is 28.6 Å². The SMILES string of the molecule is CCCCCCCCCC/C=C\CCCCCCCCCCCCCCCCCC(=O)OCC(COC(=O)CCCCCCCC)OC(=O)CCCCCCCCCCC/C=C\CCCCCCCCCC. The second-order valence-electron chi connectivity index (χ2n) is 22.0. The summed E-state index contributed by atoms with van der Waals surface area (Å²) in [5.74, 6) is -0.857. The monoisotopic (exact) mass is 1010 g/mol. The molecule has 424 valence electrons. The van der Waals surface area contributed by atoms with Crippen molar-refractivity contribution >= 4 is 17.9 Å². The molecule has 0 radical (unpaired) electrons. The van der Waals surface area contributed by atoms with Crippen LogP contribution in [0, 0.1) is 0 Å². The minimum absolute atomic E-state index is 0.0677. The van der Waals surface area contributed by atoms with Crippen molar-refractivity contribution < 1.29 is 28.6 Å². The fourth-order valence-corrected chi connectivity index (χ4v) is 9.79. The van der Waals surface area contributed by atoms with Crippen molar-refractivity contribution in [3.05, 3.63) is 24.3 Å². The van der Waals surface area contributed by atoms with Crippen molar-refractivity contribution in [3.63, 3.8) is 0 Å². The Balaban J connectivity index is 4.02. The van der Waals surface area contributed by atoms with Gasteiger partial charge in [0.2, 0.25) is 0 Å². The first kappa shape index (κ1) is 69.9. The van der Waals surface area contributed by atoms with Crippen LogP contribution in [0.1, 0.15) is 361 Å². The quantitative estimate of drug-likeness (QED) is 0.0261. The lowest BCUT2D eigenvalue weighted by Crippen LogP contribution is -2.30. The van der Waals surface area contributed by atoms with Crippen LogP contribution in [0.5, 0.6) is 0 Å². The smallest absolute Gasteiger partial charge is 0.306 e. The number of carbonyl (C=O) groups excluding carboxylic acids is 3. The predicted molar refractivity (Wildman–Crippen MR) is 312 cm³/mol. The Morgan fingerprint density at radius 3 is 0.694 bits per heavy atom. The Labute approximate surface area is 449 Å². The van der Waals surface area contributed by atoms with Gasteiger partial charge in [-0.15, -0.1) is 0 Å². The van der Waals surface area contributed by atoms with Crippen LogP contribution in [0.4, 0.5) is 0 Å². The molecular formula is C66H124O6. The summed E-state index contributed by atoms with van der Waals surface area (Å²) in [7, 11) is 0. The topological polar surface area (TPSA) is 78.9 Å². The van der Waals surface area contributed by atoms with Gasteiger partial charge in [-0.25, -0.2) is 0 Å². The summed E-state index contributed by atoms with van der Waals surface area (Å²) in [6.07, 6.45) is 73.7. The molecule has 0 aromatic heterocycles. The van der Waals surface area contributed by atoms with Crippen LogP contribution in [-0.4, -0.2) is 37.2 Å². The van der Waals surface area contributed by atoms with Crippen molar-refractivity contribution in [2.75, 3.05) is 13.2 Å². The number of ether oxygens (including phenoxy) is 3. The Hall–Kier alpha value is -2.11. The number of unbranched alkanes of at least 4 members (excludes halogenated alkanes) is 45. The standard InChI is InChI=1S/C66H124O6/c1-4-7-10-13-16-18-20-22-24-26-28-30-31-32-33-34-35-37-38-40-42-44-46-48-50-53-56-59-65(68)71-62-63(61-70-64(67)58-55-52-15-12-9-6-3)72-66(69)60-57-54-51-49-47-45-43-41-39-36-29-27-25-23-21-19-17-14-11-8-5-2/h26-29,63H,4-25,30-62H2,1-3H3/b28-26-,29-27-. The first-order valence-electron chi connectivity index (χ1n) is 32.3. The average molecular weight is 1010 g/mol. The number of carbonyl (C=O) groups is 3. The van der Waals surface area contributed by atoms with Crippen molar-refractivity contribution in [3.8, 4) is 0 Å². The van der Waals surface area contributed by atoms with E-state index < -0.39 is 6.10 Å². The number of hydrogen-bond donors (Lipinski definition) is 0. The van der Waals surface area contributed by atoms with Crippen LogP contribution >= 0.6 is 0 Å². The Morgan fingerprint density at radius 2 is 0.458 bits per heavy atom. The largest absolute Gasteiger partial charge is 0.462 e. The molecule has 0 aromatic carbocycles. The normalized spacial score (nSPS) is 12.1. The van der Waals surface area contributed by atoms with Gasteiger partial charge in [0.15, 0.2) is 6.10 Å². The molecule has 0 aliphatic carbocycles. The maximum atomic E-state index is 12.8. The predicted octanol–water partition coefficient (Wildman–Crippen LogP) is 21.8. The molecule has 0 heterocycles. The van der Waals surface area contributed by atoms with Crippen LogP contribution < -0.4 is 0 Å². The third kappa shape index (κ3) is 58.8. The molecule has 0 amide bonds. The van der Waals surface area contributed by atoms with Gasteiger partial charge in [0.25, 0.3) is 0 Å². The van der Waals surface area contributed by atoms with Crippen LogP contribution in [0.15, 0.2) is 24.3 Å². The zero-order valence-electron chi connectivity index (χ0n) is 48.7. The summed E-state index contributed by atoms with van der Waals surface area (Å²) in [6, 6.07) is 0. The van der Waals surface area contributed by atoms with Crippen LogP contribution in [0.25, 0.3) is 0 Å². The van der Waals surface area contributed by atoms with Gasteiger partial charge in [-0.3, -0.25) is 14.4 Å². The summed E-state index contributed by atoms with van der Waals surface area (Å²) >= 11 is 0. The Bertz CT molecular complexity index is 1160. The van der Waals surface area contributed by atoms with Gasteiger partial charge in [-0.05, 0) is 70.6 Å². The summed E-state index contributed by atoms with van der Waals surface area (Å²) in [5, 5.41) is 0. The highest BCUT2D eigenvalue weighted by atomic mass is 16.6. The van der Waals surface area contributed by atoms with E-state index in [9.17, 15) is 14.4 Å². The fourth-order valence-electron chi connectivity index (χ4n) is 9.79. The molecule has 6 heteroatoms. The summed E-state index contributed by atoms with van der Waals surface area (Å²) in [6.45, 7) is 6.64. The first-order valence-corrected chi connectivity index (χ1v) is 32.3. The molecule has 1 atom stereocenters. The molecule has 6 nitrogen and oxygen atoms in total. The zero-order valence-corrected chi connectivity index (χ0v) is 48.7. The molecule has 0 bridgehead atoms. The van der Waals surface area contributed by atoms with E-state index >= 15 is 0 Å².